The molecule has 0 saturated carbocycles. The summed E-state index contributed by atoms with van der Waals surface area (Å²) < 4.78 is 6.78. The van der Waals surface area contributed by atoms with Gasteiger partial charge in [0, 0.05) is 19.4 Å². The largest absolute Gasteiger partial charge is 0.417 e. The maximum atomic E-state index is 6.23. The Morgan fingerprint density at radius 3 is 1.94 bits per heavy atom. The van der Waals surface area contributed by atoms with Crippen LogP contribution < -0.4 is 0 Å². The molecule has 0 amide bonds. The van der Waals surface area contributed by atoms with E-state index >= 15 is 0 Å². The van der Waals surface area contributed by atoms with Crippen molar-refractivity contribution in [3.05, 3.63) is 0 Å². The van der Waals surface area contributed by atoms with Crippen LogP contribution in [-0.2, 0) is 4.43 Å². The smallest absolute Gasteiger partial charge is 0.191 e. The van der Waals surface area contributed by atoms with Crippen molar-refractivity contribution < 1.29 is 4.43 Å². The summed E-state index contributed by atoms with van der Waals surface area (Å²) in [4.78, 5) is 0. The molecule has 1 aliphatic heterocycles. The molecule has 31 heavy (non-hydrogen) atoms. The first-order chi connectivity index (χ1) is 14.7. The van der Waals surface area contributed by atoms with Gasteiger partial charge in [0.05, 0.1) is 4.08 Å². The number of hydrogen-bond donors (Lipinski definition) is 0. The Balaban J connectivity index is 2.08. The molecule has 0 bridgehead atoms. The lowest BCUT2D eigenvalue weighted by molar-refractivity contribution is 0.284. The predicted octanol–water partition coefficient (Wildman–Crippen LogP) is 9.67. The van der Waals surface area contributed by atoms with Crippen molar-refractivity contribution >= 4 is 31.8 Å². The molecule has 4 heteroatoms. The van der Waals surface area contributed by atoms with E-state index in [0.717, 1.165) is 25.9 Å². The Morgan fingerprint density at radius 2 is 1.35 bits per heavy atom. The Labute approximate surface area is 205 Å². The quantitative estimate of drug-likeness (QED) is 0.130. The normalized spacial score (nSPS) is 16.7. The predicted molar refractivity (Wildman–Crippen MR) is 149 cm³/mol. The maximum Gasteiger partial charge on any atom is 0.191 e. The van der Waals surface area contributed by atoms with Gasteiger partial charge in [0.25, 0.3) is 0 Å². The van der Waals surface area contributed by atoms with Crippen LogP contribution in [0.15, 0.2) is 0 Å². The first-order valence-corrected chi connectivity index (χ1v) is 18.0. The van der Waals surface area contributed by atoms with Gasteiger partial charge in [0.2, 0.25) is 0 Å². The Kier molecular flexibility index (Phi) is 15.3. The second-order valence-electron chi connectivity index (χ2n) is 10.8. The van der Waals surface area contributed by atoms with Gasteiger partial charge < -0.3 is 4.43 Å². The van der Waals surface area contributed by atoms with Crippen LogP contribution in [-0.4, -0.2) is 30.5 Å². The fraction of sp³-hybridized carbons (Fsp3) is 0.926. The van der Waals surface area contributed by atoms with Crippen LogP contribution in [0.1, 0.15) is 118 Å². The second kappa shape index (κ2) is 16.1. The molecule has 1 rings (SSSR count). The average molecular weight is 485 g/mol. The molecular formula is C27H52OS2Si. The molecule has 0 aliphatic carbocycles. The summed E-state index contributed by atoms with van der Waals surface area (Å²) in [6.45, 7) is 14.8. The van der Waals surface area contributed by atoms with E-state index in [1.165, 1.54) is 82.1 Å². The Bertz CT molecular complexity index is 510. The van der Waals surface area contributed by atoms with Gasteiger partial charge in [-0.1, -0.05) is 72.6 Å². The van der Waals surface area contributed by atoms with Crippen molar-refractivity contribution in [2.75, 3.05) is 18.1 Å². The van der Waals surface area contributed by atoms with Crippen molar-refractivity contribution in [3.8, 4) is 11.8 Å². The first-order valence-electron chi connectivity index (χ1n) is 13.1. The van der Waals surface area contributed by atoms with Gasteiger partial charge in [-0.15, -0.1) is 35.4 Å². The van der Waals surface area contributed by atoms with Gasteiger partial charge in [0.15, 0.2) is 8.32 Å². The van der Waals surface area contributed by atoms with E-state index < -0.39 is 8.32 Å². The van der Waals surface area contributed by atoms with Gasteiger partial charge in [-0.2, -0.15) is 0 Å². The summed E-state index contributed by atoms with van der Waals surface area (Å²) in [7, 11) is -1.58. The molecule has 0 radical (unpaired) electrons. The first kappa shape index (κ1) is 29.5. The highest BCUT2D eigenvalue weighted by Gasteiger charge is 2.36. The molecule has 1 heterocycles. The molecular weight excluding hydrogens is 433 g/mol. The van der Waals surface area contributed by atoms with Crippen LogP contribution in [0.3, 0.4) is 0 Å². The van der Waals surface area contributed by atoms with Gasteiger partial charge in [-0.25, -0.2) is 0 Å². The topological polar surface area (TPSA) is 9.23 Å². The van der Waals surface area contributed by atoms with Crippen LogP contribution in [0.4, 0.5) is 0 Å². The summed E-state index contributed by atoms with van der Waals surface area (Å²) >= 11 is 4.57. The average Bonchev–Trinajstić information content (AvgIpc) is 2.72. The minimum Gasteiger partial charge on any atom is -0.417 e. The molecule has 1 fully saturated rings. The molecule has 0 N–H and O–H groups in total. The highest BCUT2D eigenvalue weighted by molar-refractivity contribution is 8.18. The van der Waals surface area contributed by atoms with Gasteiger partial charge in [-0.05, 0) is 61.7 Å². The lowest BCUT2D eigenvalue weighted by atomic mass is 10.0. The molecule has 1 nitrogen and oxygen atoms in total. The van der Waals surface area contributed by atoms with Crippen molar-refractivity contribution in [3.63, 3.8) is 0 Å². The molecule has 0 aromatic rings. The van der Waals surface area contributed by atoms with E-state index in [1.807, 2.05) is 0 Å². The third-order valence-electron chi connectivity index (χ3n) is 6.88. The summed E-state index contributed by atoms with van der Waals surface area (Å²) in [6, 6.07) is 0. The fourth-order valence-corrected chi connectivity index (χ4v) is 8.27. The molecule has 182 valence electrons. The lowest BCUT2D eigenvalue weighted by Crippen LogP contribution is -2.40. The molecule has 0 aromatic carbocycles. The van der Waals surface area contributed by atoms with E-state index in [-0.39, 0.29) is 0 Å². The monoisotopic (exact) mass is 484 g/mol. The number of hydrogen-bond acceptors (Lipinski definition) is 3. The third-order valence-corrected chi connectivity index (χ3v) is 15.0. The molecule has 0 unspecified atom stereocenters. The Hall–Kier alpha value is 0.437. The fourth-order valence-electron chi connectivity index (χ4n) is 3.69. The number of unbranched alkanes of at least 4 members (excludes halogenated alkanes) is 8. The lowest BCUT2D eigenvalue weighted by Gasteiger charge is -2.36. The SMILES string of the molecule is CCCCCCC1(CCCCCCC#CCCCO[Si](C)(C)C(C)(C)C)SCCCS1. The number of rotatable bonds is 15. The van der Waals surface area contributed by atoms with E-state index in [1.54, 1.807) is 0 Å². The maximum absolute atomic E-state index is 6.23. The van der Waals surface area contributed by atoms with Crippen molar-refractivity contribution in [1.29, 1.82) is 0 Å². The molecule has 0 aromatic heterocycles. The standard InChI is InChI=1S/C27H52OS2Si/c1-7-8-9-17-21-27(29-24-20-25-30-27)22-18-15-13-11-10-12-14-16-19-23-28-31(5,6)26(2,3)4/h7-11,13,15-25H2,1-6H3. The zero-order chi connectivity index (χ0) is 23.1. The van der Waals surface area contributed by atoms with Crippen LogP contribution in [0, 0.1) is 11.8 Å². The van der Waals surface area contributed by atoms with E-state index in [2.05, 4.69) is 76.2 Å². The van der Waals surface area contributed by atoms with E-state index in [0.29, 0.717) is 9.12 Å². The zero-order valence-electron chi connectivity index (χ0n) is 21.7. The van der Waals surface area contributed by atoms with Gasteiger partial charge >= 0.3 is 0 Å². The summed E-state index contributed by atoms with van der Waals surface area (Å²) in [5.74, 6) is 9.54. The highest BCUT2D eigenvalue weighted by atomic mass is 32.2. The van der Waals surface area contributed by atoms with Crippen LogP contribution >= 0.6 is 23.5 Å². The Morgan fingerprint density at radius 1 is 0.806 bits per heavy atom. The van der Waals surface area contributed by atoms with Crippen LogP contribution in [0.2, 0.25) is 18.1 Å². The van der Waals surface area contributed by atoms with Crippen molar-refractivity contribution in [2.24, 2.45) is 0 Å². The molecule has 0 atom stereocenters. The zero-order valence-corrected chi connectivity index (χ0v) is 24.4. The van der Waals surface area contributed by atoms with Crippen molar-refractivity contribution in [2.45, 2.75) is 140 Å². The highest BCUT2D eigenvalue weighted by Crippen LogP contribution is 2.49. The minimum atomic E-state index is -1.58. The molecule has 0 spiro atoms. The third kappa shape index (κ3) is 13.0. The minimum absolute atomic E-state index is 0.307. The molecule has 1 aliphatic rings. The number of thioether (sulfide) groups is 2. The second-order valence-corrected chi connectivity index (χ2v) is 18.8. The molecule has 1 saturated heterocycles. The van der Waals surface area contributed by atoms with Crippen LogP contribution in [0.5, 0.6) is 0 Å². The van der Waals surface area contributed by atoms with Gasteiger partial charge in [-0.3, -0.25) is 0 Å². The summed E-state index contributed by atoms with van der Waals surface area (Å²) in [6.07, 6.45) is 18.5. The van der Waals surface area contributed by atoms with Crippen LogP contribution in [0.25, 0.3) is 0 Å². The summed E-state index contributed by atoms with van der Waals surface area (Å²) in [5, 5.41) is 0.307. The van der Waals surface area contributed by atoms with Crippen molar-refractivity contribution in [1.82, 2.24) is 0 Å². The van der Waals surface area contributed by atoms with E-state index in [9.17, 15) is 0 Å². The van der Waals surface area contributed by atoms with Gasteiger partial charge in [0.1, 0.15) is 0 Å². The van der Waals surface area contributed by atoms with E-state index in [4.69, 9.17) is 4.43 Å². The summed E-state index contributed by atoms with van der Waals surface area (Å²) in [5.41, 5.74) is 0.